The molecule has 4 heteroatoms. The predicted molar refractivity (Wildman–Crippen MR) is 119 cm³/mol. The molecule has 0 radical (unpaired) electrons. The van der Waals surface area contributed by atoms with Crippen molar-refractivity contribution < 1.29 is 4.79 Å². The molecule has 1 aromatic heterocycles. The second-order valence-corrected chi connectivity index (χ2v) is 7.98. The standard InChI is InChI=1S/C25H29N3O/c1-3-26-25(29)28-15-12-20(13-16-28)17-19-6-8-21(9-7-19)23-11-10-22-5-4-14-27-24(22)18(23)2/h4-11,14,20H,3,12-13,15-17H2,1-2H3,(H,26,29). The SMILES string of the molecule is CCNC(=O)N1CCC(Cc2ccc(-c3ccc4cccnc4c3C)cc2)CC1. The number of hydrogen-bond donors (Lipinski definition) is 1. The van der Waals surface area contributed by atoms with Crippen molar-refractivity contribution in [2.45, 2.75) is 33.1 Å². The van der Waals surface area contributed by atoms with E-state index < -0.39 is 0 Å². The first-order valence-electron chi connectivity index (χ1n) is 10.6. The van der Waals surface area contributed by atoms with Gasteiger partial charge >= 0.3 is 6.03 Å². The quantitative estimate of drug-likeness (QED) is 0.669. The summed E-state index contributed by atoms with van der Waals surface area (Å²) in [6.45, 7) is 6.53. The molecule has 3 aromatic rings. The lowest BCUT2D eigenvalue weighted by Crippen LogP contribution is -2.44. The molecule has 2 heterocycles. The van der Waals surface area contributed by atoms with Gasteiger partial charge in [0.2, 0.25) is 0 Å². The molecule has 0 aliphatic carbocycles. The van der Waals surface area contributed by atoms with Crippen LogP contribution >= 0.6 is 0 Å². The molecule has 29 heavy (non-hydrogen) atoms. The number of nitrogens with one attached hydrogen (secondary N) is 1. The van der Waals surface area contributed by atoms with Crippen LogP contribution in [0.15, 0.2) is 54.7 Å². The highest BCUT2D eigenvalue weighted by atomic mass is 16.2. The molecule has 0 saturated carbocycles. The van der Waals surface area contributed by atoms with Crippen LogP contribution in [-0.4, -0.2) is 35.5 Å². The van der Waals surface area contributed by atoms with Gasteiger partial charge in [0.1, 0.15) is 0 Å². The Bertz CT molecular complexity index is 989. The molecule has 1 saturated heterocycles. The van der Waals surface area contributed by atoms with Gasteiger partial charge < -0.3 is 10.2 Å². The number of aromatic nitrogens is 1. The zero-order valence-corrected chi connectivity index (χ0v) is 17.3. The number of urea groups is 1. The van der Waals surface area contributed by atoms with Gasteiger partial charge in [0.05, 0.1) is 5.52 Å². The lowest BCUT2D eigenvalue weighted by Gasteiger charge is -2.32. The van der Waals surface area contributed by atoms with E-state index in [1.807, 2.05) is 24.1 Å². The Morgan fingerprint density at radius 3 is 2.59 bits per heavy atom. The Morgan fingerprint density at radius 1 is 1.10 bits per heavy atom. The van der Waals surface area contributed by atoms with E-state index in [9.17, 15) is 4.79 Å². The first kappa shape index (κ1) is 19.4. The summed E-state index contributed by atoms with van der Waals surface area (Å²) in [5, 5.41) is 4.08. The highest BCUT2D eigenvalue weighted by Gasteiger charge is 2.22. The van der Waals surface area contributed by atoms with Crippen LogP contribution in [0.25, 0.3) is 22.0 Å². The van der Waals surface area contributed by atoms with Crippen molar-refractivity contribution in [3.8, 4) is 11.1 Å². The molecule has 0 bridgehead atoms. The van der Waals surface area contributed by atoms with Gasteiger partial charge in [-0.1, -0.05) is 42.5 Å². The number of pyridine rings is 1. The molecular weight excluding hydrogens is 358 g/mol. The Balaban J connectivity index is 1.42. The Hall–Kier alpha value is -2.88. The number of likely N-dealkylation sites (tertiary alicyclic amines) is 1. The monoisotopic (exact) mass is 387 g/mol. The third kappa shape index (κ3) is 4.26. The molecule has 2 aromatic carbocycles. The lowest BCUT2D eigenvalue weighted by molar-refractivity contribution is 0.171. The zero-order valence-electron chi connectivity index (χ0n) is 17.3. The Kier molecular flexibility index (Phi) is 5.79. The number of piperidine rings is 1. The van der Waals surface area contributed by atoms with Crippen LogP contribution in [0.2, 0.25) is 0 Å². The van der Waals surface area contributed by atoms with Gasteiger partial charge in [-0.05, 0) is 67.3 Å². The van der Waals surface area contributed by atoms with Crippen LogP contribution in [0.3, 0.4) is 0 Å². The molecule has 0 spiro atoms. The molecule has 1 N–H and O–H groups in total. The summed E-state index contributed by atoms with van der Waals surface area (Å²) in [5.41, 5.74) is 6.17. The number of benzene rings is 2. The number of rotatable bonds is 4. The summed E-state index contributed by atoms with van der Waals surface area (Å²) in [6.07, 6.45) is 5.10. The smallest absolute Gasteiger partial charge is 0.317 e. The minimum absolute atomic E-state index is 0.0792. The van der Waals surface area contributed by atoms with Gasteiger partial charge in [0, 0.05) is 31.2 Å². The predicted octanol–water partition coefficient (Wildman–Crippen LogP) is 5.19. The average molecular weight is 388 g/mol. The van der Waals surface area contributed by atoms with E-state index in [-0.39, 0.29) is 6.03 Å². The highest BCUT2D eigenvalue weighted by molar-refractivity contribution is 5.88. The van der Waals surface area contributed by atoms with Crippen molar-refractivity contribution >= 4 is 16.9 Å². The zero-order chi connectivity index (χ0) is 20.2. The lowest BCUT2D eigenvalue weighted by atomic mass is 9.89. The summed E-state index contributed by atoms with van der Waals surface area (Å²) < 4.78 is 0. The molecule has 4 nitrogen and oxygen atoms in total. The van der Waals surface area contributed by atoms with Gasteiger partial charge in [-0.15, -0.1) is 0 Å². The second kappa shape index (κ2) is 8.64. The highest BCUT2D eigenvalue weighted by Crippen LogP contribution is 2.29. The van der Waals surface area contributed by atoms with Gasteiger partial charge in [-0.25, -0.2) is 4.79 Å². The first-order valence-corrected chi connectivity index (χ1v) is 10.6. The Labute approximate surface area is 173 Å². The van der Waals surface area contributed by atoms with E-state index in [4.69, 9.17) is 0 Å². The van der Waals surface area contributed by atoms with Crippen molar-refractivity contribution in [1.82, 2.24) is 15.2 Å². The maximum absolute atomic E-state index is 12.0. The van der Waals surface area contributed by atoms with E-state index in [1.54, 1.807) is 0 Å². The van der Waals surface area contributed by atoms with Crippen LogP contribution in [0.4, 0.5) is 4.79 Å². The molecule has 1 aliphatic rings. The summed E-state index contributed by atoms with van der Waals surface area (Å²) in [7, 11) is 0. The van der Waals surface area contributed by atoms with Crippen LogP contribution < -0.4 is 5.32 Å². The van der Waals surface area contributed by atoms with Gasteiger partial charge in [-0.3, -0.25) is 4.98 Å². The fourth-order valence-electron chi connectivity index (χ4n) is 4.36. The molecule has 150 valence electrons. The van der Waals surface area contributed by atoms with Crippen molar-refractivity contribution in [2.24, 2.45) is 5.92 Å². The molecule has 0 unspecified atom stereocenters. The Morgan fingerprint density at radius 2 is 1.86 bits per heavy atom. The van der Waals surface area contributed by atoms with E-state index in [2.05, 4.69) is 59.7 Å². The number of nitrogens with zero attached hydrogens (tertiary/aromatic N) is 2. The van der Waals surface area contributed by atoms with E-state index >= 15 is 0 Å². The van der Waals surface area contributed by atoms with Crippen LogP contribution in [0.1, 0.15) is 30.9 Å². The third-order valence-corrected chi connectivity index (χ3v) is 6.05. The van der Waals surface area contributed by atoms with E-state index in [0.29, 0.717) is 12.5 Å². The molecule has 4 rings (SSSR count). The number of amides is 2. The van der Waals surface area contributed by atoms with Crippen molar-refractivity contribution in [3.63, 3.8) is 0 Å². The van der Waals surface area contributed by atoms with Gasteiger partial charge in [0.15, 0.2) is 0 Å². The van der Waals surface area contributed by atoms with Gasteiger partial charge in [-0.2, -0.15) is 0 Å². The maximum atomic E-state index is 12.0. The first-order chi connectivity index (χ1) is 14.2. The van der Waals surface area contributed by atoms with Crippen molar-refractivity contribution in [1.29, 1.82) is 0 Å². The fourth-order valence-corrected chi connectivity index (χ4v) is 4.36. The summed E-state index contributed by atoms with van der Waals surface area (Å²) in [6, 6.07) is 17.5. The maximum Gasteiger partial charge on any atom is 0.317 e. The largest absolute Gasteiger partial charge is 0.338 e. The molecule has 1 aliphatic heterocycles. The summed E-state index contributed by atoms with van der Waals surface area (Å²) in [4.78, 5) is 18.5. The van der Waals surface area contributed by atoms with Crippen LogP contribution in [0, 0.1) is 12.8 Å². The number of carbonyl (C=O) groups excluding carboxylic acids is 1. The normalized spacial score (nSPS) is 14.9. The molecule has 2 amide bonds. The summed E-state index contributed by atoms with van der Waals surface area (Å²) >= 11 is 0. The van der Waals surface area contributed by atoms with E-state index in [1.165, 1.54) is 27.6 Å². The van der Waals surface area contributed by atoms with Gasteiger partial charge in [0.25, 0.3) is 0 Å². The minimum atomic E-state index is 0.0792. The third-order valence-electron chi connectivity index (χ3n) is 6.05. The number of carbonyl (C=O) groups is 1. The molecule has 1 fully saturated rings. The van der Waals surface area contributed by atoms with E-state index in [0.717, 1.165) is 37.9 Å². The average Bonchev–Trinajstić information content (AvgIpc) is 2.76. The van der Waals surface area contributed by atoms with Crippen molar-refractivity contribution in [2.75, 3.05) is 19.6 Å². The fraction of sp³-hybridized carbons (Fsp3) is 0.360. The van der Waals surface area contributed by atoms with Crippen LogP contribution in [0.5, 0.6) is 0 Å². The number of hydrogen-bond acceptors (Lipinski definition) is 2. The number of fused-ring (bicyclic) bond motifs is 1. The topological polar surface area (TPSA) is 45.2 Å². The minimum Gasteiger partial charge on any atom is -0.338 e. The number of aryl methyl sites for hydroxylation is 1. The second-order valence-electron chi connectivity index (χ2n) is 7.98. The summed E-state index contributed by atoms with van der Waals surface area (Å²) in [5.74, 6) is 0.651. The van der Waals surface area contributed by atoms with Crippen LogP contribution in [-0.2, 0) is 6.42 Å². The van der Waals surface area contributed by atoms with Crippen molar-refractivity contribution in [3.05, 3.63) is 65.9 Å². The molecule has 0 atom stereocenters. The molecular formula is C25H29N3O.